The van der Waals surface area contributed by atoms with Gasteiger partial charge in [-0.15, -0.1) is 0 Å². The predicted octanol–water partition coefficient (Wildman–Crippen LogP) is 3.23. The van der Waals surface area contributed by atoms with E-state index in [1.165, 1.54) is 6.07 Å². The number of carbonyl (C=O) groups is 2. The fraction of sp³-hybridized carbons (Fsp3) is 0.312. The molecular weight excluding hydrogens is 284 g/mol. The van der Waals surface area contributed by atoms with Gasteiger partial charge in [-0.25, -0.2) is 4.79 Å². The molecule has 2 N–H and O–H groups in total. The van der Waals surface area contributed by atoms with Gasteiger partial charge in [-0.05, 0) is 24.6 Å². The molecule has 1 heterocycles. The van der Waals surface area contributed by atoms with Crippen molar-refractivity contribution in [1.29, 1.82) is 0 Å². The standard InChI is InChI=1S/C16H18N2O4/c1-9-5-6-10(7-11(9)15(20)21)17-14(19)12-8-13(22-18-12)16(2,3)4/h5-8H,1-4H3,(H,17,19)(H,20,21). The van der Waals surface area contributed by atoms with Gasteiger partial charge in [0.2, 0.25) is 0 Å². The molecule has 2 rings (SSSR count). The smallest absolute Gasteiger partial charge is 0.336 e. The second-order valence-corrected chi connectivity index (χ2v) is 6.12. The molecule has 2 aromatic rings. The number of aryl methyl sites for hydroxylation is 1. The fourth-order valence-corrected chi connectivity index (χ4v) is 1.86. The number of amides is 1. The first-order valence-corrected chi connectivity index (χ1v) is 6.81. The lowest BCUT2D eigenvalue weighted by Crippen LogP contribution is -2.13. The maximum Gasteiger partial charge on any atom is 0.336 e. The van der Waals surface area contributed by atoms with Crippen LogP contribution in [-0.2, 0) is 5.41 Å². The van der Waals surface area contributed by atoms with Gasteiger partial charge in [0.15, 0.2) is 5.69 Å². The number of carbonyl (C=O) groups excluding carboxylic acids is 1. The van der Waals surface area contributed by atoms with Crippen molar-refractivity contribution in [2.45, 2.75) is 33.1 Å². The summed E-state index contributed by atoms with van der Waals surface area (Å²) in [5, 5.41) is 15.5. The van der Waals surface area contributed by atoms with Gasteiger partial charge in [0.25, 0.3) is 5.91 Å². The highest BCUT2D eigenvalue weighted by molar-refractivity contribution is 6.03. The number of carboxylic acids is 1. The summed E-state index contributed by atoms with van der Waals surface area (Å²) >= 11 is 0. The molecule has 1 aromatic carbocycles. The van der Waals surface area contributed by atoms with Gasteiger partial charge in [0.1, 0.15) is 5.76 Å². The quantitative estimate of drug-likeness (QED) is 0.908. The van der Waals surface area contributed by atoms with E-state index in [1.807, 2.05) is 20.8 Å². The number of carboxylic acid groups (broad SMARTS) is 1. The molecule has 0 saturated heterocycles. The summed E-state index contributed by atoms with van der Waals surface area (Å²) in [5.41, 5.74) is 1.08. The summed E-state index contributed by atoms with van der Waals surface area (Å²) < 4.78 is 5.16. The Morgan fingerprint density at radius 3 is 2.45 bits per heavy atom. The van der Waals surface area contributed by atoms with Gasteiger partial charge in [-0.3, -0.25) is 4.79 Å². The summed E-state index contributed by atoms with van der Waals surface area (Å²) in [7, 11) is 0. The molecule has 0 spiro atoms. The largest absolute Gasteiger partial charge is 0.478 e. The van der Waals surface area contributed by atoms with Gasteiger partial charge in [0.05, 0.1) is 5.56 Å². The minimum atomic E-state index is -1.04. The van der Waals surface area contributed by atoms with Crippen LogP contribution < -0.4 is 5.32 Å². The number of rotatable bonds is 3. The lowest BCUT2D eigenvalue weighted by atomic mass is 9.93. The van der Waals surface area contributed by atoms with Crippen molar-refractivity contribution < 1.29 is 19.2 Å². The lowest BCUT2D eigenvalue weighted by Gasteiger charge is -2.12. The van der Waals surface area contributed by atoms with E-state index in [2.05, 4.69) is 10.5 Å². The van der Waals surface area contributed by atoms with Gasteiger partial charge in [-0.1, -0.05) is 32.0 Å². The van der Waals surface area contributed by atoms with Crippen molar-refractivity contribution in [2.24, 2.45) is 0 Å². The number of anilines is 1. The van der Waals surface area contributed by atoms with E-state index in [1.54, 1.807) is 25.1 Å². The Hall–Kier alpha value is -2.63. The molecule has 0 aliphatic heterocycles. The van der Waals surface area contributed by atoms with Crippen LogP contribution in [0, 0.1) is 6.92 Å². The normalized spacial score (nSPS) is 11.3. The summed E-state index contributed by atoms with van der Waals surface area (Å²) in [6.07, 6.45) is 0. The van der Waals surface area contributed by atoms with Crippen LogP contribution in [0.25, 0.3) is 0 Å². The van der Waals surface area contributed by atoms with Crippen LogP contribution in [-0.4, -0.2) is 22.1 Å². The van der Waals surface area contributed by atoms with Gasteiger partial charge < -0.3 is 14.9 Å². The highest BCUT2D eigenvalue weighted by Gasteiger charge is 2.22. The third-order valence-electron chi connectivity index (χ3n) is 3.21. The van der Waals surface area contributed by atoms with E-state index in [4.69, 9.17) is 9.63 Å². The summed E-state index contributed by atoms with van der Waals surface area (Å²) in [5.74, 6) is -0.878. The van der Waals surface area contributed by atoms with Crippen LogP contribution in [0.3, 0.4) is 0 Å². The summed E-state index contributed by atoms with van der Waals surface area (Å²) in [6, 6.07) is 6.29. The first-order chi connectivity index (χ1) is 10.2. The van der Waals surface area contributed by atoms with Crippen LogP contribution in [0.4, 0.5) is 5.69 Å². The van der Waals surface area contributed by atoms with Crippen LogP contribution in [0.5, 0.6) is 0 Å². The predicted molar refractivity (Wildman–Crippen MR) is 81.3 cm³/mol. The Balaban J connectivity index is 2.20. The van der Waals surface area contributed by atoms with Gasteiger partial charge in [0, 0.05) is 17.2 Å². The maximum atomic E-state index is 12.1. The molecule has 116 valence electrons. The number of nitrogens with zero attached hydrogens (tertiary/aromatic N) is 1. The Bertz CT molecular complexity index is 726. The highest BCUT2D eigenvalue weighted by atomic mass is 16.5. The van der Waals surface area contributed by atoms with E-state index in [-0.39, 0.29) is 16.7 Å². The van der Waals surface area contributed by atoms with Crippen molar-refractivity contribution in [3.63, 3.8) is 0 Å². The molecule has 0 radical (unpaired) electrons. The molecule has 6 nitrogen and oxygen atoms in total. The first-order valence-electron chi connectivity index (χ1n) is 6.81. The molecule has 0 aliphatic rings. The molecule has 6 heteroatoms. The second-order valence-electron chi connectivity index (χ2n) is 6.12. The van der Waals surface area contributed by atoms with Crippen LogP contribution >= 0.6 is 0 Å². The molecule has 0 fully saturated rings. The average Bonchev–Trinajstić information content (AvgIpc) is 2.90. The number of aromatic nitrogens is 1. The monoisotopic (exact) mass is 302 g/mol. The van der Waals surface area contributed by atoms with Crippen molar-refractivity contribution in [2.75, 3.05) is 5.32 Å². The zero-order valence-corrected chi connectivity index (χ0v) is 12.9. The van der Waals surface area contributed by atoms with Gasteiger partial charge >= 0.3 is 5.97 Å². The molecule has 0 aliphatic carbocycles. The van der Waals surface area contributed by atoms with Crippen LogP contribution in [0.1, 0.15) is 52.9 Å². The lowest BCUT2D eigenvalue weighted by molar-refractivity contribution is 0.0695. The summed E-state index contributed by atoms with van der Waals surface area (Å²) in [6.45, 7) is 7.55. The van der Waals surface area contributed by atoms with E-state index in [9.17, 15) is 9.59 Å². The highest BCUT2D eigenvalue weighted by Crippen LogP contribution is 2.23. The molecule has 0 atom stereocenters. The minimum Gasteiger partial charge on any atom is -0.478 e. The third-order valence-corrected chi connectivity index (χ3v) is 3.21. The van der Waals surface area contributed by atoms with E-state index < -0.39 is 11.9 Å². The Morgan fingerprint density at radius 2 is 1.91 bits per heavy atom. The van der Waals surface area contributed by atoms with Crippen molar-refractivity contribution in [3.8, 4) is 0 Å². The molecule has 22 heavy (non-hydrogen) atoms. The molecule has 0 bridgehead atoms. The van der Waals surface area contributed by atoms with Crippen molar-refractivity contribution in [3.05, 3.63) is 46.8 Å². The Labute approximate surface area is 128 Å². The third kappa shape index (κ3) is 3.33. The molecular formula is C16H18N2O4. The van der Waals surface area contributed by atoms with E-state index in [0.717, 1.165) is 0 Å². The van der Waals surface area contributed by atoms with Crippen LogP contribution in [0.15, 0.2) is 28.8 Å². The fourth-order valence-electron chi connectivity index (χ4n) is 1.86. The minimum absolute atomic E-state index is 0.147. The van der Waals surface area contributed by atoms with Crippen molar-refractivity contribution >= 4 is 17.6 Å². The van der Waals surface area contributed by atoms with E-state index in [0.29, 0.717) is 17.0 Å². The number of nitrogens with one attached hydrogen (secondary N) is 1. The zero-order chi connectivity index (χ0) is 16.5. The van der Waals surface area contributed by atoms with E-state index >= 15 is 0 Å². The first kappa shape index (κ1) is 15.8. The summed E-state index contributed by atoms with van der Waals surface area (Å²) in [4.78, 5) is 23.2. The maximum absolute atomic E-state index is 12.1. The molecule has 0 saturated carbocycles. The Kier molecular flexibility index (Phi) is 4.03. The molecule has 1 amide bonds. The van der Waals surface area contributed by atoms with Crippen LogP contribution in [0.2, 0.25) is 0 Å². The van der Waals surface area contributed by atoms with Gasteiger partial charge in [-0.2, -0.15) is 0 Å². The zero-order valence-electron chi connectivity index (χ0n) is 12.9. The van der Waals surface area contributed by atoms with Crippen molar-refractivity contribution in [1.82, 2.24) is 5.16 Å². The number of hydrogen-bond acceptors (Lipinski definition) is 4. The topological polar surface area (TPSA) is 92.4 Å². The number of aromatic carboxylic acids is 1. The molecule has 0 unspecified atom stereocenters. The average molecular weight is 302 g/mol. The Morgan fingerprint density at radius 1 is 1.23 bits per heavy atom. The SMILES string of the molecule is Cc1ccc(NC(=O)c2cc(C(C)(C)C)on2)cc1C(=O)O. The number of benzene rings is 1. The second kappa shape index (κ2) is 5.63. The molecule has 1 aromatic heterocycles. The number of hydrogen-bond donors (Lipinski definition) is 2.